The van der Waals surface area contributed by atoms with Crippen LogP contribution in [0.25, 0.3) is 16.9 Å². The van der Waals surface area contributed by atoms with E-state index in [4.69, 9.17) is 18.9 Å². The molecule has 1 atom stereocenters. The van der Waals surface area contributed by atoms with Gasteiger partial charge in [-0.1, -0.05) is 16.6 Å². The Hall–Kier alpha value is -1.68. The van der Waals surface area contributed by atoms with E-state index in [-0.39, 0.29) is 36.4 Å². The van der Waals surface area contributed by atoms with Crippen LogP contribution in [0.3, 0.4) is 0 Å². The number of aromatic nitrogens is 3. The quantitative estimate of drug-likeness (QED) is 0.372. The first-order valence-corrected chi connectivity index (χ1v) is 11.9. The standard InChI is InChI=1S/C18H18N3O6PS.Na/c1-24-14-5-4-11(6-17(14)29-28(3,22)23)13-9-19-20-21(13)12-7-15(25-2)18-16(8-12)26-10-27-18;/h4-9H,10H2,1-3H3,(H,22,23);/q;+1/p-1. The van der Waals surface area contributed by atoms with Crippen LogP contribution >= 0.6 is 18.0 Å². The van der Waals surface area contributed by atoms with Crippen LogP contribution in [0.5, 0.6) is 23.0 Å². The third kappa shape index (κ3) is 4.64. The van der Waals surface area contributed by atoms with E-state index in [0.29, 0.717) is 39.3 Å². The summed E-state index contributed by atoms with van der Waals surface area (Å²) >= 11 is 0.756. The van der Waals surface area contributed by atoms with Gasteiger partial charge in [0.2, 0.25) is 12.5 Å². The Bertz CT molecular complexity index is 1120. The van der Waals surface area contributed by atoms with Gasteiger partial charge in [0.05, 0.1) is 43.3 Å². The molecule has 0 amide bonds. The summed E-state index contributed by atoms with van der Waals surface area (Å²) in [6.45, 7) is -2.32. The Kier molecular flexibility index (Phi) is 7.06. The first-order valence-electron chi connectivity index (χ1n) is 8.45. The van der Waals surface area contributed by atoms with E-state index in [0.717, 1.165) is 16.9 Å². The summed E-state index contributed by atoms with van der Waals surface area (Å²) in [5.74, 6) is 2.07. The molecule has 9 nitrogen and oxygen atoms in total. The second kappa shape index (κ2) is 9.21. The molecule has 3 aromatic rings. The van der Waals surface area contributed by atoms with Gasteiger partial charge >= 0.3 is 29.6 Å². The summed E-state index contributed by atoms with van der Waals surface area (Å²) in [4.78, 5) is 12.3. The first kappa shape index (κ1) is 23.0. The molecule has 0 aliphatic carbocycles. The van der Waals surface area contributed by atoms with Gasteiger partial charge in [-0.05, 0) is 24.9 Å². The number of hydrogen-bond donors (Lipinski definition) is 0. The number of rotatable bonds is 6. The SMILES string of the molecule is COc1ccc(-c2cnnn2-c2cc(OC)c3c(c2)OCO3)cc1SP(C)(=O)[O-].[Na+]. The summed E-state index contributed by atoms with van der Waals surface area (Å²) in [6, 6.07) is 8.80. The fourth-order valence-corrected chi connectivity index (χ4v) is 5.22. The van der Waals surface area contributed by atoms with Crippen molar-refractivity contribution >= 4 is 18.0 Å². The number of benzene rings is 2. The molecule has 1 aliphatic heterocycles. The number of methoxy groups -OCH3 is 2. The third-order valence-corrected chi connectivity index (χ3v) is 6.59. The molecule has 12 heteroatoms. The van der Waals surface area contributed by atoms with Crippen LogP contribution < -0.4 is 53.4 Å². The molecule has 0 fully saturated rings. The van der Waals surface area contributed by atoms with Gasteiger partial charge < -0.3 is 28.4 Å². The van der Waals surface area contributed by atoms with Crippen LogP contribution in [0.15, 0.2) is 41.4 Å². The van der Waals surface area contributed by atoms with Crippen LogP contribution in [0.1, 0.15) is 0 Å². The predicted molar refractivity (Wildman–Crippen MR) is 105 cm³/mol. The average Bonchev–Trinajstić information content (AvgIpc) is 3.35. The predicted octanol–water partition coefficient (Wildman–Crippen LogP) is -0.0405. The number of hydrogen-bond acceptors (Lipinski definition) is 9. The molecule has 0 saturated heterocycles. The van der Waals surface area contributed by atoms with Crippen LogP contribution in [0.2, 0.25) is 0 Å². The summed E-state index contributed by atoms with van der Waals surface area (Å²) in [5.41, 5.74) is 2.05. The van der Waals surface area contributed by atoms with Gasteiger partial charge in [-0.2, -0.15) is 0 Å². The van der Waals surface area contributed by atoms with Crippen molar-refractivity contribution in [3.63, 3.8) is 0 Å². The smallest absolute Gasteiger partial charge is 0.791 e. The minimum atomic E-state index is -3.61. The Labute approximate surface area is 199 Å². The second-order valence-corrected chi connectivity index (χ2v) is 10.8. The molecule has 2 aromatic carbocycles. The summed E-state index contributed by atoms with van der Waals surface area (Å²) < 4.78 is 35.0. The van der Waals surface area contributed by atoms with E-state index in [9.17, 15) is 9.46 Å². The molecule has 4 rings (SSSR count). The van der Waals surface area contributed by atoms with Crippen molar-refractivity contribution in [3.05, 3.63) is 36.5 Å². The molecule has 0 bridgehead atoms. The zero-order chi connectivity index (χ0) is 20.6. The van der Waals surface area contributed by atoms with Crippen LogP contribution in [0.4, 0.5) is 0 Å². The van der Waals surface area contributed by atoms with Gasteiger partial charge in [-0.25, -0.2) is 4.68 Å². The van der Waals surface area contributed by atoms with E-state index in [1.165, 1.54) is 13.8 Å². The Balaban J connectivity index is 0.00000256. The minimum Gasteiger partial charge on any atom is -0.791 e. The number of nitrogens with zero attached hydrogens (tertiary/aromatic N) is 3. The summed E-state index contributed by atoms with van der Waals surface area (Å²) in [6.07, 6.45) is 1.59. The van der Waals surface area contributed by atoms with Crippen molar-refractivity contribution in [1.29, 1.82) is 0 Å². The van der Waals surface area contributed by atoms with Crippen molar-refractivity contribution in [2.24, 2.45) is 0 Å². The molecule has 0 radical (unpaired) electrons. The van der Waals surface area contributed by atoms with Gasteiger partial charge in [-0.3, -0.25) is 0 Å². The van der Waals surface area contributed by atoms with E-state index in [1.807, 2.05) is 6.07 Å². The van der Waals surface area contributed by atoms with Gasteiger partial charge in [-0.15, -0.1) is 5.10 Å². The molecule has 30 heavy (non-hydrogen) atoms. The molecule has 2 heterocycles. The fourth-order valence-electron chi connectivity index (χ4n) is 2.95. The van der Waals surface area contributed by atoms with Crippen LogP contribution in [-0.4, -0.2) is 42.7 Å². The van der Waals surface area contributed by atoms with Crippen molar-refractivity contribution in [1.82, 2.24) is 15.0 Å². The maximum Gasteiger partial charge on any atom is 1.00 e. The minimum absolute atomic E-state index is 0. The molecule has 152 valence electrons. The molecular formula is C18H17N3NaO6PS. The second-order valence-electron chi connectivity index (χ2n) is 6.14. The molecule has 1 aromatic heterocycles. The molecule has 0 spiro atoms. The Morgan fingerprint density at radius 2 is 1.93 bits per heavy atom. The van der Waals surface area contributed by atoms with Crippen molar-refractivity contribution < 1.29 is 58.0 Å². The monoisotopic (exact) mass is 457 g/mol. The molecule has 1 unspecified atom stereocenters. The zero-order valence-corrected chi connectivity index (χ0v) is 20.5. The first-order chi connectivity index (χ1) is 13.9. The molecule has 1 aliphatic rings. The maximum absolute atomic E-state index is 11.8. The van der Waals surface area contributed by atoms with E-state index >= 15 is 0 Å². The van der Waals surface area contributed by atoms with Crippen LogP contribution in [-0.2, 0) is 4.57 Å². The van der Waals surface area contributed by atoms with Crippen molar-refractivity contribution in [2.45, 2.75) is 4.90 Å². The molecular weight excluding hydrogens is 440 g/mol. The van der Waals surface area contributed by atoms with E-state index in [1.54, 1.807) is 42.3 Å². The zero-order valence-electron chi connectivity index (χ0n) is 16.8. The molecule has 0 N–H and O–H groups in total. The number of ether oxygens (including phenoxy) is 4. The van der Waals surface area contributed by atoms with Crippen LogP contribution in [0, 0.1) is 0 Å². The van der Waals surface area contributed by atoms with Crippen molar-refractivity contribution in [3.8, 4) is 39.9 Å². The normalized spacial score (nSPS) is 14.0. The van der Waals surface area contributed by atoms with Gasteiger partial charge in [0.15, 0.2) is 11.5 Å². The Morgan fingerprint density at radius 3 is 2.63 bits per heavy atom. The topological polar surface area (TPSA) is 108 Å². The van der Waals surface area contributed by atoms with Gasteiger partial charge in [0.1, 0.15) is 5.75 Å². The third-order valence-electron chi connectivity index (χ3n) is 4.16. The van der Waals surface area contributed by atoms with E-state index in [2.05, 4.69) is 10.3 Å². The van der Waals surface area contributed by atoms with E-state index < -0.39 is 6.57 Å². The molecule has 0 saturated carbocycles. The maximum atomic E-state index is 11.8. The fraction of sp³-hybridized carbons (Fsp3) is 0.222. The van der Waals surface area contributed by atoms with Gasteiger partial charge in [0.25, 0.3) is 0 Å². The largest absolute Gasteiger partial charge is 1.00 e. The summed E-state index contributed by atoms with van der Waals surface area (Å²) in [5, 5.41) is 8.19. The Morgan fingerprint density at radius 1 is 1.17 bits per heavy atom. The van der Waals surface area contributed by atoms with Gasteiger partial charge in [0, 0.05) is 17.7 Å². The summed E-state index contributed by atoms with van der Waals surface area (Å²) in [7, 11) is 3.04. The average molecular weight is 457 g/mol. The number of fused-ring (bicyclic) bond motifs is 1. The van der Waals surface area contributed by atoms with Crippen molar-refractivity contribution in [2.75, 3.05) is 27.7 Å².